The van der Waals surface area contributed by atoms with Crippen LogP contribution in [0.25, 0.3) is 0 Å². The molecular formula is C17H21N3O5S. The third-order valence-electron chi connectivity index (χ3n) is 4.65. The number of hydrogen-bond donors (Lipinski definition) is 1. The summed E-state index contributed by atoms with van der Waals surface area (Å²) >= 11 is 0. The molecule has 9 heteroatoms. The molecule has 2 aliphatic rings. The van der Waals surface area contributed by atoms with Gasteiger partial charge in [0.15, 0.2) is 11.9 Å². The van der Waals surface area contributed by atoms with Crippen LogP contribution in [0, 0.1) is 5.92 Å². The average molecular weight is 379 g/mol. The third kappa shape index (κ3) is 3.44. The number of esters is 1. The summed E-state index contributed by atoms with van der Waals surface area (Å²) in [5.74, 6) is -0.626. The van der Waals surface area contributed by atoms with E-state index in [1.165, 1.54) is 14.0 Å². The Labute approximate surface area is 152 Å². The van der Waals surface area contributed by atoms with Gasteiger partial charge in [0.1, 0.15) is 4.90 Å². The van der Waals surface area contributed by atoms with Crippen molar-refractivity contribution >= 4 is 27.7 Å². The van der Waals surface area contributed by atoms with Crippen molar-refractivity contribution in [2.45, 2.75) is 30.8 Å². The van der Waals surface area contributed by atoms with Crippen molar-refractivity contribution in [2.75, 3.05) is 20.1 Å². The van der Waals surface area contributed by atoms with Gasteiger partial charge in [0.25, 0.3) is 15.9 Å². The summed E-state index contributed by atoms with van der Waals surface area (Å²) in [7, 11) is -2.17. The van der Waals surface area contributed by atoms with E-state index in [0.29, 0.717) is 37.3 Å². The highest BCUT2D eigenvalue weighted by atomic mass is 32.2. The normalized spacial score (nSPS) is 20.1. The first-order valence-corrected chi connectivity index (χ1v) is 9.89. The topological polar surface area (TPSA) is 105 Å². The summed E-state index contributed by atoms with van der Waals surface area (Å²) in [5, 5.41) is 2.44. The van der Waals surface area contributed by atoms with Crippen LogP contribution in [0.5, 0.6) is 0 Å². The number of amidine groups is 1. The van der Waals surface area contributed by atoms with E-state index in [1.54, 1.807) is 24.3 Å². The maximum Gasteiger partial charge on any atom is 0.309 e. The molecule has 2 aliphatic heterocycles. The van der Waals surface area contributed by atoms with E-state index in [4.69, 9.17) is 4.74 Å². The number of ether oxygens (including phenoxy) is 1. The standard InChI is InChI=1S/C17H21N3O5S/c1-11(16(21)18-2)25-17(22)12-7-9-20(10-8-12)15-13-5-3-4-6-14(13)26(23,24)19-15/h3-6,11-12H,7-10H2,1-2H3,(H,18,21)/t11-/m1/s1. The molecule has 1 aromatic rings. The molecule has 8 nitrogen and oxygen atoms in total. The van der Waals surface area contributed by atoms with Gasteiger partial charge >= 0.3 is 5.97 Å². The van der Waals surface area contributed by atoms with Gasteiger partial charge in [-0.15, -0.1) is 4.40 Å². The molecule has 1 saturated heterocycles. The Morgan fingerprint density at radius 1 is 1.27 bits per heavy atom. The van der Waals surface area contributed by atoms with Gasteiger partial charge in [-0.25, -0.2) is 0 Å². The predicted octanol–water partition coefficient (Wildman–Crippen LogP) is 0.525. The van der Waals surface area contributed by atoms with Crippen molar-refractivity contribution in [3.63, 3.8) is 0 Å². The van der Waals surface area contributed by atoms with Crippen LogP contribution in [0.2, 0.25) is 0 Å². The lowest BCUT2D eigenvalue weighted by atomic mass is 9.96. The van der Waals surface area contributed by atoms with Crippen LogP contribution in [0.4, 0.5) is 0 Å². The summed E-state index contributed by atoms with van der Waals surface area (Å²) in [5.41, 5.74) is 0.599. The number of fused-ring (bicyclic) bond motifs is 1. The zero-order chi connectivity index (χ0) is 18.9. The molecule has 1 amide bonds. The van der Waals surface area contributed by atoms with Crippen molar-refractivity contribution in [3.8, 4) is 0 Å². The number of sulfonamides is 1. The molecule has 1 atom stereocenters. The quantitative estimate of drug-likeness (QED) is 0.768. The zero-order valence-corrected chi connectivity index (χ0v) is 15.5. The zero-order valence-electron chi connectivity index (χ0n) is 14.6. The Balaban J connectivity index is 1.65. The second-order valence-corrected chi connectivity index (χ2v) is 7.91. The highest BCUT2D eigenvalue weighted by Crippen LogP contribution is 2.29. The number of nitrogens with one attached hydrogen (secondary N) is 1. The van der Waals surface area contributed by atoms with Crippen molar-refractivity contribution < 1.29 is 22.7 Å². The molecule has 3 rings (SSSR count). The van der Waals surface area contributed by atoms with Gasteiger partial charge in [0.2, 0.25) is 0 Å². The van der Waals surface area contributed by atoms with E-state index in [-0.39, 0.29) is 16.7 Å². The van der Waals surface area contributed by atoms with Crippen molar-refractivity contribution in [3.05, 3.63) is 29.8 Å². The fourth-order valence-corrected chi connectivity index (χ4v) is 4.40. The Bertz CT molecular complexity index is 857. The molecule has 0 saturated carbocycles. The number of hydrogen-bond acceptors (Lipinski definition) is 6. The Morgan fingerprint density at radius 2 is 1.92 bits per heavy atom. The van der Waals surface area contributed by atoms with Gasteiger partial charge in [0, 0.05) is 25.7 Å². The lowest BCUT2D eigenvalue weighted by molar-refractivity contribution is -0.159. The van der Waals surface area contributed by atoms with Gasteiger partial charge in [-0.1, -0.05) is 12.1 Å². The number of nitrogens with zero attached hydrogens (tertiary/aromatic N) is 2. The largest absolute Gasteiger partial charge is 0.452 e. The molecule has 1 fully saturated rings. The van der Waals surface area contributed by atoms with Gasteiger partial charge in [0.05, 0.1) is 5.92 Å². The first kappa shape index (κ1) is 18.4. The number of carbonyl (C=O) groups is 2. The minimum Gasteiger partial charge on any atom is -0.452 e. The van der Waals surface area contributed by atoms with Crippen molar-refractivity contribution in [2.24, 2.45) is 10.3 Å². The number of likely N-dealkylation sites (tertiary alicyclic amines) is 1. The molecule has 0 bridgehead atoms. The van der Waals surface area contributed by atoms with Crippen molar-refractivity contribution in [1.82, 2.24) is 10.2 Å². The maximum absolute atomic E-state index is 12.2. The second-order valence-electron chi connectivity index (χ2n) is 6.34. The highest BCUT2D eigenvalue weighted by molar-refractivity contribution is 7.90. The number of carbonyl (C=O) groups excluding carboxylic acids is 2. The fourth-order valence-electron chi connectivity index (χ4n) is 3.17. The maximum atomic E-state index is 12.2. The Kier molecular flexibility index (Phi) is 4.99. The lowest BCUT2D eigenvalue weighted by Crippen LogP contribution is -2.42. The summed E-state index contributed by atoms with van der Waals surface area (Å²) < 4.78 is 33.4. The van der Waals surface area contributed by atoms with Crippen LogP contribution in [0.1, 0.15) is 25.3 Å². The lowest BCUT2D eigenvalue weighted by Gasteiger charge is -2.32. The van der Waals surface area contributed by atoms with E-state index in [0.717, 1.165) is 0 Å². The first-order valence-electron chi connectivity index (χ1n) is 8.45. The van der Waals surface area contributed by atoms with Crippen LogP contribution in [0.3, 0.4) is 0 Å². The number of amides is 1. The number of rotatable bonds is 3. The molecule has 0 aliphatic carbocycles. The third-order valence-corrected chi connectivity index (χ3v) is 5.97. The van der Waals surface area contributed by atoms with Crippen molar-refractivity contribution in [1.29, 1.82) is 0 Å². The van der Waals surface area contributed by atoms with Crippen LogP contribution in [-0.4, -0.2) is 57.3 Å². The number of piperidine rings is 1. The van der Waals surface area contributed by atoms with E-state index < -0.39 is 22.1 Å². The molecule has 0 spiro atoms. The molecule has 0 radical (unpaired) electrons. The molecule has 140 valence electrons. The SMILES string of the molecule is CNC(=O)[C@@H](C)OC(=O)C1CCN(C2=NS(=O)(=O)c3ccccc32)CC1. The van der Waals surface area contributed by atoms with E-state index in [2.05, 4.69) is 9.71 Å². The van der Waals surface area contributed by atoms with Gasteiger partial charge in [-0.3, -0.25) is 9.59 Å². The van der Waals surface area contributed by atoms with Crippen LogP contribution >= 0.6 is 0 Å². The van der Waals surface area contributed by atoms with E-state index in [1.807, 2.05) is 4.90 Å². The summed E-state index contributed by atoms with van der Waals surface area (Å²) in [4.78, 5) is 25.8. The number of likely N-dealkylation sites (N-methyl/N-ethyl adjacent to an activating group) is 1. The first-order chi connectivity index (χ1) is 12.3. The minimum absolute atomic E-state index is 0.218. The monoisotopic (exact) mass is 379 g/mol. The second kappa shape index (κ2) is 7.06. The summed E-state index contributed by atoms with van der Waals surface area (Å²) in [6.07, 6.45) is 0.197. The molecular weight excluding hydrogens is 358 g/mol. The molecule has 1 N–H and O–H groups in total. The summed E-state index contributed by atoms with van der Waals surface area (Å²) in [6, 6.07) is 6.74. The molecule has 26 heavy (non-hydrogen) atoms. The van der Waals surface area contributed by atoms with Gasteiger partial charge in [-0.2, -0.15) is 8.42 Å². The fraction of sp³-hybridized carbons (Fsp3) is 0.471. The molecule has 0 aromatic heterocycles. The van der Waals surface area contributed by atoms with Crippen LogP contribution in [0.15, 0.2) is 33.6 Å². The smallest absolute Gasteiger partial charge is 0.309 e. The predicted molar refractivity (Wildman–Crippen MR) is 94.1 cm³/mol. The van der Waals surface area contributed by atoms with Gasteiger partial charge in [-0.05, 0) is 31.9 Å². The van der Waals surface area contributed by atoms with E-state index in [9.17, 15) is 18.0 Å². The number of benzene rings is 1. The molecule has 0 unspecified atom stereocenters. The van der Waals surface area contributed by atoms with Crippen LogP contribution in [-0.2, 0) is 24.3 Å². The average Bonchev–Trinajstić information content (AvgIpc) is 2.92. The summed E-state index contributed by atoms with van der Waals surface area (Å²) in [6.45, 7) is 2.52. The van der Waals surface area contributed by atoms with Gasteiger partial charge < -0.3 is 15.0 Å². The Morgan fingerprint density at radius 3 is 2.58 bits per heavy atom. The Hall–Kier alpha value is -2.42. The van der Waals surface area contributed by atoms with E-state index >= 15 is 0 Å². The minimum atomic E-state index is -3.65. The molecule has 1 aromatic carbocycles. The highest BCUT2D eigenvalue weighted by Gasteiger charge is 2.35. The van der Waals surface area contributed by atoms with Crippen LogP contribution < -0.4 is 5.32 Å². The molecule has 2 heterocycles.